The first-order chi connectivity index (χ1) is 6.12. The van der Waals surface area contributed by atoms with E-state index in [9.17, 15) is 24.3 Å². The fourth-order valence-electron chi connectivity index (χ4n) is 0.791. The summed E-state index contributed by atoms with van der Waals surface area (Å²) in [5.74, 6) is -1.22. The van der Waals surface area contributed by atoms with Crippen LogP contribution < -0.4 is 9.79 Å². The van der Waals surface area contributed by atoms with Crippen molar-refractivity contribution in [2.75, 3.05) is 6.61 Å². The fraction of sp³-hybridized carbons (Fsp3) is 0.833. The molecule has 0 bridgehead atoms. The number of aliphatic carboxylic acids is 1. The molecule has 0 rings (SSSR count). The third-order valence-corrected chi connectivity index (χ3v) is 1.92. The second kappa shape index (κ2) is 4.86. The molecule has 0 aliphatic rings. The number of carboxylic acid groups (broad SMARTS) is 1. The van der Waals surface area contributed by atoms with Gasteiger partial charge in [-0.05, 0) is 6.92 Å². The molecule has 1 atom stereocenters. The van der Waals surface area contributed by atoms with E-state index in [1.807, 2.05) is 0 Å². The van der Waals surface area contributed by atoms with Gasteiger partial charge in [0.25, 0.3) is 0 Å². The third kappa shape index (κ3) is 8.15. The lowest BCUT2D eigenvalue weighted by molar-refractivity contribution is -0.342. The van der Waals surface area contributed by atoms with E-state index in [2.05, 4.69) is 4.52 Å². The highest BCUT2D eigenvalue weighted by molar-refractivity contribution is 7.43. The minimum absolute atomic E-state index is 0.242. The van der Waals surface area contributed by atoms with Gasteiger partial charge in [-0.25, -0.2) is 0 Å². The zero-order chi connectivity index (χ0) is 11.4. The van der Waals surface area contributed by atoms with Crippen molar-refractivity contribution in [1.29, 1.82) is 0 Å². The molecule has 7 nitrogen and oxygen atoms in total. The number of hydrogen-bond donors (Lipinski definition) is 2. The van der Waals surface area contributed by atoms with Gasteiger partial charge in [-0.1, -0.05) is 0 Å². The van der Waals surface area contributed by atoms with E-state index < -0.39 is 32.4 Å². The number of hydrogen-bond acceptors (Lipinski definition) is 6. The molecule has 0 aromatic carbocycles. The number of rotatable bonds is 6. The Morgan fingerprint density at radius 3 is 2.43 bits per heavy atom. The second-order valence-electron chi connectivity index (χ2n) is 3.10. The smallest absolute Gasteiger partial charge is 0.306 e. The molecule has 0 aliphatic carbocycles. The highest BCUT2D eigenvalue weighted by Gasteiger charge is 2.23. The van der Waals surface area contributed by atoms with Crippen molar-refractivity contribution in [3.05, 3.63) is 0 Å². The molecule has 14 heavy (non-hydrogen) atoms. The molecule has 0 saturated heterocycles. The maximum Gasteiger partial charge on any atom is 0.306 e. The van der Waals surface area contributed by atoms with Gasteiger partial charge in [-0.3, -0.25) is 4.79 Å². The van der Waals surface area contributed by atoms with Gasteiger partial charge < -0.3 is 29.1 Å². The lowest BCUT2D eigenvalue weighted by Crippen LogP contribution is -2.30. The monoisotopic (exact) mass is 226 g/mol. The fourth-order valence-corrected chi connectivity index (χ4v) is 1.11. The molecule has 0 aliphatic heterocycles. The third-order valence-electron chi connectivity index (χ3n) is 1.42. The molecule has 84 valence electrons. The van der Waals surface area contributed by atoms with E-state index in [1.165, 1.54) is 6.92 Å². The molecule has 0 heterocycles. The van der Waals surface area contributed by atoms with Crippen LogP contribution in [0.2, 0.25) is 0 Å². The summed E-state index contributed by atoms with van der Waals surface area (Å²) in [5, 5.41) is 17.7. The van der Waals surface area contributed by atoms with Gasteiger partial charge in [0.2, 0.25) is 0 Å². The molecule has 0 radical (unpaired) electrons. The summed E-state index contributed by atoms with van der Waals surface area (Å²) in [6.07, 6.45) is -0.786. The summed E-state index contributed by atoms with van der Waals surface area (Å²) < 4.78 is 13.8. The predicted molar refractivity (Wildman–Crippen MR) is 41.1 cm³/mol. The van der Waals surface area contributed by atoms with Gasteiger partial charge in [0, 0.05) is 6.42 Å². The van der Waals surface area contributed by atoms with E-state index in [-0.39, 0.29) is 6.42 Å². The molecule has 0 aromatic heterocycles. The van der Waals surface area contributed by atoms with Crippen LogP contribution >= 0.6 is 7.82 Å². The molecule has 0 spiro atoms. The molecule has 0 fully saturated rings. The van der Waals surface area contributed by atoms with Crippen molar-refractivity contribution in [1.82, 2.24) is 0 Å². The van der Waals surface area contributed by atoms with Gasteiger partial charge in [-0.15, -0.1) is 0 Å². The predicted octanol–water partition coefficient (Wildman–Crippen LogP) is -1.55. The van der Waals surface area contributed by atoms with Crippen molar-refractivity contribution in [2.24, 2.45) is 0 Å². The van der Waals surface area contributed by atoms with Gasteiger partial charge in [0.05, 0.1) is 26.5 Å². The topological polar surface area (TPSA) is 130 Å². The van der Waals surface area contributed by atoms with E-state index >= 15 is 0 Å². The Morgan fingerprint density at radius 2 is 2.07 bits per heavy atom. The molecule has 0 aromatic rings. The summed E-state index contributed by atoms with van der Waals surface area (Å²) in [7, 11) is -5.04. The van der Waals surface area contributed by atoms with Gasteiger partial charge >= 0.3 is 5.97 Å². The number of carboxylic acids is 1. The maximum absolute atomic E-state index is 10.2. The van der Waals surface area contributed by atoms with Crippen molar-refractivity contribution in [2.45, 2.75) is 25.4 Å². The van der Waals surface area contributed by atoms with Crippen LogP contribution in [0.5, 0.6) is 0 Å². The highest BCUT2D eigenvalue weighted by Crippen LogP contribution is 2.26. The van der Waals surface area contributed by atoms with E-state index in [4.69, 9.17) is 5.11 Å². The van der Waals surface area contributed by atoms with Gasteiger partial charge in [-0.2, -0.15) is 0 Å². The summed E-state index contributed by atoms with van der Waals surface area (Å²) >= 11 is 0. The maximum atomic E-state index is 10.2. The molecular weight excluding hydrogens is 215 g/mol. The quantitative estimate of drug-likeness (QED) is 0.524. The zero-order valence-electron chi connectivity index (χ0n) is 7.50. The normalized spacial score (nSPS) is 16.3. The average molecular weight is 226 g/mol. The van der Waals surface area contributed by atoms with Crippen molar-refractivity contribution in [3.8, 4) is 0 Å². The lowest BCUT2D eigenvalue weighted by Gasteiger charge is -2.30. The van der Waals surface area contributed by atoms with Crippen LogP contribution in [0.25, 0.3) is 0 Å². The summed E-state index contributed by atoms with van der Waals surface area (Å²) in [6.45, 7) is 0.690. The Hall–Kier alpha value is -0.460. The lowest BCUT2D eigenvalue weighted by atomic mass is 9.99. The Balaban J connectivity index is 3.88. The van der Waals surface area contributed by atoms with Crippen LogP contribution in [0.3, 0.4) is 0 Å². The number of carbonyl (C=O) groups is 1. The standard InChI is InChI=1S/C6H13O7P/c1-6(9,4-5(7)8)2-3-13-14(10,11)12/h9H,2-4H2,1H3,(H,7,8)(H2,10,11,12)/p-2/t6-/m1/s1. The Kier molecular flexibility index (Phi) is 4.70. The van der Waals surface area contributed by atoms with Crippen LogP contribution in [-0.2, 0) is 13.9 Å². The zero-order valence-corrected chi connectivity index (χ0v) is 8.40. The molecule has 0 unspecified atom stereocenters. The highest BCUT2D eigenvalue weighted by atomic mass is 31.2. The first-order valence-electron chi connectivity index (χ1n) is 3.73. The van der Waals surface area contributed by atoms with E-state index in [0.717, 1.165) is 0 Å². The van der Waals surface area contributed by atoms with Crippen molar-refractivity contribution in [3.63, 3.8) is 0 Å². The van der Waals surface area contributed by atoms with E-state index in [0.29, 0.717) is 0 Å². The number of aliphatic hydroxyl groups is 1. The molecule has 2 N–H and O–H groups in total. The van der Waals surface area contributed by atoms with Crippen LogP contribution in [0.4, 0.5) is 0 Å². The minimum atomic E-state index is -5.04. The van der Waals surface area contributed by atoms with Crippen LogP contribution in [0, 0.1) is 0 Å². The van der Waals surface area contributed by atoms with Crippen LogP contribution in [-0.4, -0.2) is 28.4 Å². The Bertz CT molecular complexity index is 243. The average Bonchev–Trinajstić information content (AvgIpc) is 1.78. The summed E-state index contributed by atoms with van der Waals surface area (Å²) in [6, 6.07) is 0. The SMILES string of the molecule is C[C@@](O)(CCOP(=O)([O-])[O-])CC(=O)O. The Morgan fingerprint density at radius 1 is 1.57 bits per heavy atom. The molecule has 8 heteroatoms. The van der Waals surface area contributed by atoms with Crippen molar-refractivity contribution >= 4 is 13.8 Å². The van der Waals surface area contributed by atoms with Gasteiger partial charge in [0.1, 0.15) is 0 Å². The molecule has 0 saturated carbocycles. The van der Waals surface area contributed by atoms with Gasteiger partial charge in [0.15, 0.2) is 0 Å². The minimum Gasteiger partial charge on any atom is -0.790 e. The van der Waals surface area contributed by atoms with Crippen molar-refractivity contribution < 1.29 is 33.9 Å². The first kappa shape index (κ1) is 13.5. The van der Waals surface area contributed by atoms with Crippen LogP contribution in [0.1, 0.15) is 19.8 Å². The first-order valence-corrected chi connectivity index (χ1v) is 5.19. The molecular formula is C6H11O7P-2. The number of phosphoric acid groups is 1. The van der Waals surface area contributed by atoms with E-state index in [1.54, 1.807) is 0 Å². The summed E-state index contributed by atoms with van der Waals surface area (Å²) in [4.78, 5) is 30.2. The molecule has 0 amide bonds. The summed E-state index contributed by atoms with van der Waals surface area (Å²) in [5.41, 5.74) is -1.58. The number of phosphoric ester groups is 1. The van der Waals surface area contributed by atoms with Crippen LogP contribution in [0.15, 0.2) is 0 Å². The second-order valence-corrected chi connectivity index (χ2v) is 4.25. The largest absolute Gasteiger partial charge is 0.790 e. The Labute approximate surface area is 80.6 Å².